The maximum Gasteiger partial charge on any atom is 0.343 e. The van der Waals surface area contributed by atoms with Crippen LogP contribution in [0.2, 0.25) is 0 Å². The molecule has 166 valence electrons. The van der Waals surface area contributed by atoms with E-state index in [9.17, 15) is 14.4 Å². The number of carbonyl (C=O) groups excluding carboxylic acids is 2. The largest absolute Gasteiger partial charge is 0.490 e. The Morgan fingerprint density at radius 3 is 2.84 bits per heavy atom. The monoisotopic (exact) mass is 446 g/mol. The van der Waals surface area contributed by atoms with E-state index < -0.39 is 5.97 Å². The van der Waals surface area contributed by atoms with Crippen LogP contribution in [-0.4, -0.2) is 60.9 Å². The van der Waals surface area contributed by atoms with E-state index in [4.69, 9.17) is 14.2 Å². The van der Waals surface area contributed by atoms with Crippen LogP contribution >= 0.6 is 11.3 Å². The van der Waals surface area contributed by atoms with Crippen molar-refractivity contribution in [2.24, 2.45) is 0 Å². The number of hydrogen-bond donors (Lipinski definition) is 0. The molecule has 8 nitrogen and oxygen atoms in total. The van der Waals surface area contributed by atoms with Gasteiger partial charge in [-0.15, -0.1) is 11.3 Å². The molecule has 2 aliphatic rings. The molecule has 31 heavy (non-hydrogen) atoms. The van der Waals surface area contributed by atoms with Crippen molar-refractivity contribution in [1.29, 1.82) is 0 Å². The number of pyridine rings is 1. The van der Waals surface area contributed by atoms with Gasteiger partial charge in [0, 0.05) is 44.4 Å². The predicted molar refractivity (Wildman–Crippen MR) is 115 cm³/mol. The SMILES string of the molecule is COC(=O)c1c(OCC2CCCCO2)cc(=O)n2c1CCN(C(=O)c1cccs1)CC2. The minimum atomic E-state index is -0.554. The van der Waals surface area contributed by atoms with Gasteiger partial charge in [-0.1, -0.05) is 6.07 Å². The lowest BCUT2D eigenvalue weighted by Gasteiger charge is -2.24. The fourth-order valence-corrected chi connectivity index (χ4v) is 4.76. The van der Waals surface area contributed by atoms with Crippen LogP contribution in [0.15, 0.2) is 28.4 Å². The highest BCUT2D eigenvalue weighted by Crippen LogP contribution is 2.26. The second-order valence-corrected chi connectivity index (χ2v) is 8.58. The molecule has 0 radical (unpaired) electrons. The maximum absolute atomic E-state index is 12.9. The van der Waals surface area contributed by atoms with Crippen molar-refractivity contribution in [3.63, 3.8) is 0 Å². The van der Waals surface area contributed by atoms with Crippen molar-refractivity contribution < 1.29 is 23.8 Å². The van der Waals surface area contributed by atoms with Gasteiger partial charge in [0.05, 0.1) is 18.1 Å². The van der Waals surface area contributed by atoms with Crippen molar-refractivity contribution in [2.75, 3.05) is 33.4 Å². The molecule has 1 fully saturated rings. The summed E-state index contributed by atoms with van der Waals surface area (Å²) in [5.74, 6) is -0.405. The summed E-state index contributed by atoms with van der Waals surface area (Å²) < 4.78 is 18.2. The Balaban J connectivity index is 1.60. The molecule has 0 aromatic carbocycles. The quantitative estimate of drug-likeness (QED) is 0.656. The summed E-state index contributed by atoms with van der Waals surface area (Å²) >= 11 is 1.39. The van der Waals surface area contributed by atoms with Crippen LogP contribution in [0.25, 0.3) is 0 Å². The second kappa shape index (κ2) is 9.65. The lowest BCUT2D eigenvalue weighted by atomic mass is 10.1. The van der Waals surface area contributed by atoms with Gasteiger partial charge >= 0.3 is 5.97 Å². The summed E-state index contributed by atoms with van der Waals surface area (Å²) in [7, 11) is 1.31. The molecule has 0 saturated carbocycles. The van der Waals surface area contributed by atoms with Crippen LogP contribution in [0.1, 0.15) is 45.0 Å². The number of hydrogen-bond acceptors (Lipinski definition) is 7. The maximum atomic E-state index is 12.9. The number of carbonyl (C=O) groups is 2. The minimum absolute atomic E-state index is 0.0558. The van der Waals surface area contributed by atoms with E-state index in [0.717, 1.165) is 19.3 Å². The number of thiophene rings is 1. The van der Waals surface area contributed by atoms with Crippen LogP contribution in [0.5, 0.6) is 5.75 Å². The second-order valence-electron chi connectivity index (χ2n) is 7.63. The summed E-state index contributed by atoms with van der Waals surface area (Å²) in [6.45, 7) is 2.06. The third kappa shape index (κ3) is 4.67. The highest BCUT2D eigenvalue weighted by Gasteiger charge is 2.28. The third-order valence-corrected chi connectivity index (χ3v) is 6.56. The van der Waals surface area contributed by atoms with Gasteiger partial charge in [0.1, 0.15) is 17.9 Å². The van der Waals surface area contributed by atoms with Crippen LogP contribution < -0.4 is 10.3 Å². The lowest BCUT2D eigenvalue weighted by molar-refractivity contribution is -0.0114. The Kier molecular flexibility index (Phi) is 6.72. The molecule has 0 N–H and O–H groups in total. The molecule has 1 saturated heterocycles. The zero-order valence-corrected chi connectivity index (χ0v) is 18.3. The Hall–Kier alpha value is -2.65. The van der Waals surface area contributed by atoms with Gasteiger partial charge in [0.2, 0.25) is 0 Å². The molecule has 0 aliphatic carbocycles. The first kappa shape index (κ1) is 21.6. The summed E-state index contributed by atoms with van der Waals surface area (Å²) in [4.78, 5) is 40.7. The summed E-state index contributed by atoms with van der Waals surface area (Å²) in [6, 6.07) is 4.97. The van der Waals surface area contributed by atoms with Gasteiger partial charge in [-0.25, -0.2) is 4.79 Å². The molecule has 4 rings (SSSR count). The Morgan fingerprint density at radius 1 is 1.26 bits per heavy atom. The number of aromatic nitrogens is 1. The van der Waals surface area contributed by atoms with Gasteiger partial charge in [-0.2, -0.15) is 0 Å². The lowest BCUT2D eigenvalue weighted by Crippen LogP contribution is -2.33. The molecule has 2 aromatic rings. The number of amides is 1. The molecule has 4 heterocycles. The zero-order valence-electron chi connectivity index (χ0n) is 17.5. The normalized spacial score (nSPS) is 18.7. The molecule has 9 heteroatoms. The molecule has 2 aliphatic heterocycles. The van der Waals surface area contributed by atoms with Crippen molar-refractivity contribution in [3.8, 4) is 5.75 Å². The molecular formula is C22H26N2O6S. The first-order chi connectivity index (χ1) is 15.1. The van der Waals surface area contributed by atoms with Crippen molar-refractivity contribution in [3.05, 3.63) is 50.1 Å². The summed E-state index contributed by atoms with van der Waals surface area (Å²) in [6.07, 6.45) is 3.29. The Bertz CT molecular complexity index is 994. The van der Waals surface area contributed by atoms with Gasteiger partial charge < -0.3 is 23.7 Å². The van der Waals surface area contributed by atoms with Gasteiger partial charge in [0.25, 0.3) is 11.5 Å². The standard InChI is InChI=1S/C22H26N2O6S/c1-28-22(27)20-16-7-8-23(21(26)18-6-4-12-31-18)9-10-24(16)19(25)13-17(20)30-14-15-5-2-3-11-29-15/h4,6,12-13,15H,2-3,5,7-11,14H2,1H3. The van der Waals surface area contributed by atoms with Crippen LogP contribution in [0.3, 0.4) is 0 Å². The van der Waals surface area contributed by atoms with E-state index >= 15 is 0 Å². The average Bonchev–Trinajstić information content (AvgIpc) is 3.24. The van der Waals surface area contributed by atoms with E-state index in [0.29, 0.717) is 43.2 Å². The molecule has 0 spiro atoms. The highest BCUT2D eigenvalue weighted by molar-refractivity contribution is 7.12. The zero-order chi connectivity index (χ0) is 21.8. The number of ether oxygens (including phenoxy) is 3. The summed E-state index contributed by atoms with van der Waals surface area (Å²) in [5, 5.41) is 1.86. The van der Waals surface area contributed by atoms with Crippen molar-refractivity contribution in [2.45, 2.75) is 38.3 Å². The third-order valence-electron chi connectivity index (χ3n) is 5.70. The van der Waals surface area contributed by atoms with Crippen molar-refractivity contribution >= 4 is 23.2 Å². The van der Waals surface area contributed by atoms with E-state index in [1.165, 1.54) is 24.5 Å². The van der Waals surface area contributed by atoms with Crippen molar-refractivity contribution in [1.82, 2.24) is 9.47 Å². The Morgan fingerprint density at radius 2 is 2.13 bits per heavy atom. The Labute approximate surface area is 184 Å². The molecule has 2 aromatic heterocycles. The summed E-state index contributed by atoms with van der Waals surface area (Å²) in [5.41, 5.74) is 0.538. The predicted octanol–water partition coefficient (Wildman–Crippen LogP) is 2.34. The van der Waals surface area contributed by atoms with Crippen LogP contribution in [-0.2, 0) is 22.4 Å². The fourth-order valence-electron chi connectivity index (χ4n) is 4.07. The minimum Gasteiger partial charge on any atom is -0.490 e. The van der Waals surface area contributed by atoms with Gasteiger partial charge in [0.15, 0.2) is 0 Å². The van der Waals surface area contributed by atoms with E-state index in [2.05, 4.69) is 0 Å². The molecule has 1 atom stereocenters. The molecule has 1 unspecified atom stereocenters. The fraction of sp³-hybridized carbons (Fsp3) is 0.500. The molecule has 0 bridgehead atoms. The number of rotatable bonds is 5. The molecule has 1 amide bonds. The number of nitrogens with zero attached hydrogens (tertiary/aromatic N) is 2. The van der Waals surface area contributed by atoms with Crippen LogP contribution in [0, 0.1) is 0 Å². The first-order valence-electron chi connectivity index (χ1n) is 10.5. The molecular weight excluding hydrogens is 420 g/mol. The van der Waals surface area contributed by atoms with E-state index in [1.54, 1.807) is 15.5 Å². The highest BCUT2D eigenvalue weighted by atomic mass is 32.1. The first-order valence-corrected chi connectivity index (χ1v) is 11.4. The number of methoxy groups -OCH3 is 1. The van der Waals surface area contributed by atoms with Crippen LogP contribution in [0.4, 0.5) is 0 Å². The van der Waals surface area contributed by atoms with Gasteiger partial charge in [-0.3, -0.25) is 9.59 Å². The smallest absolute Gasteiger partial charge is 0.343 e. The van der Waals surface area contributed by atoms with E-state index in [1.807, 2.05) is 11.4 Å². The topological polar surface area (TPSA) is 87.1 Å². The average molecular weight is 447 g/mol. The number of fused-ring (bicyclic) bond motifs is 1. The number of esters is 1. The van der Waals surface area contributed by atoms with E-state index in [-0.39, 0.29) is 35.5 Å². The van der Waals surface area contributed by atoms with Gasteiger partial charge in [-0.05, 0) is 30.7 Å².